The zero-order valence-corrected chi connectivity index (χ0v) is 8.92. The second-order valence-electron chi connectivity index (χ2n) is 1.98. The Bertz CT molecular complexity index is 412. The Morgan fingerprint density at radius 2 is 2.15 bits per heavy atom. The average molecular weight is 295 g/mol. The van der Waals surface area contributed by atoms with Crippen molar-refractivity contribution in [3.05, 3.63) is 10.9 Å². The summed E-state index contributed by atoms with van der Waals surface area (Å²) in [6, 6.07) is 0. The van der Waals surface area contributed by atoms with E-state index in [1.165, 1.54) is 0 Å². The van der Waals surface area contributed by atoms with E-state index in [2.05, 4.69) is 37.5 Å². The molecule has 1 N–H and O–H groups in total. The number of alkyl halides is 3. The van der Waals surface area contributed by atoms with E-state index >= 15 is 0 Å². The minimum absolute atomic E-state index is 0.0343. The van der Waals surface area contributed by atoms with Crippen molar-refractivity contribution in [1.82, 2.24) is 9.97 Å². The SMILES string of the molecule is O=S(=O)(c1c[nH]c(Br)n1)C(F)(F)Cl. The Balaban J connectivity index is 3.24. The van der Waals surface area contributed by atoms with Crippen LogP contribution in [0.2, 0.25) is 0 Å². The van der Waals surface area contributed by atoms with E-state index in [0.717, 1.165) is 6.20 Å². The van der Waals surface area contributed by atoms with Crippen molar-refractivity contribution in [3.63, 3.8) is 0 Å². The van der Waals surface area contributed by atoms with E-state index in [1.807, 2.05) is 0 Å². The molecule has 0 saturated heterocycles. The Morgan fingerprint density at radius 3 is 2.46 bits per heavy atom. The number of H-pyrrole nitrogens is 1. The van der Waals surface area contributed by atoms with Crippen LogP contribution < -0.4 is 0 Å². The van der Waals surface area contributed by atoms with Gasteiger partial charge >= 0.3 is 4.71 Å². The molecule has 0 bridgehead atoms. The first-order valence-corrected chi connectivity index (χ1v) is 5.43. The maximum absolute atomic E-state index is 12.3. The minimum atomic E-state index is -4.90. The van der Waals surface area contributed by atoms with Gasteiger partial charge in [0.05, 0.1) is 0 Å². The van der Waals surface area contributed by atoms with Gasteiger partial charge < -0.3 is 4.98 Å². The largest absolute Gasteiger partial charge is 0.428 e. The van der Waals surface area contributed by atoms with Crippen LogP contribution in [-0.4, -0.2) is 23.1 Å². The van der Waals surface area contributed by atoms with Gasteiger partial charge in [-0.2, -0.15) is 8.78 Å². The summed E-state index contributed by atoms with van der Waals surface area (Å²) in [5.41, 5.74) is 0. The molecule has 1 aromatic rings. The second-order valence-corrected chi connectivity index (χ2v) is 5.37. The monoisotopic (exact) mass is 294 g/mol. The number of imidazole rings is 1. The summed E-state index contributed by atoms with van der Waals surface area (Å²) in [5.74, 6) is 0. The second kappa shape index (κ2) is 3.18. The third-order valence-electron chi connectivity index (χ3n) is 1.10. The lowest BCUT2D eigenvalue weighted by Gasteiger charge is -2.05. The summed E-state index contributed by atoms with van der Waals surface area (Å²) in [6.07, 6.45) is 0.815. The molecule has 9 heteroatoms. The van der Waals surface area contributed by atoms with Crippen molar-refractivity contribution in [3.8, 4) is 0 Å². The molecule has 0 aliphatic heterocycles. The van der Waals surface area contributed by atoms with Crippen LogP contribution in [0.3, 0.4) is 0 Å². The molecule has 13 heavy (non-hydrogen) atoms. The molecular weight excluding hydrogens is 293 g/mol. The highest BCUT2D eigenvalue weighted by molar-refractivity contribution is 9.10. The van der Waals surface area contributed by atoms with E-state index < -0.39 is 19.6 Å². The number of aromatic amines is 1. The lowest BCUT2D eigenvalue weighted by molar-refractivity contribution is 0.186. The molecule has 0 amide bonds. The van der Waals surface area contributed by atoms with Crippen molar-refractivity contribution in [2.75, 3.05) is 0 Å². The van der Waals surface area contributed by atoms with Gasteiger partial charge in [0.2, 0.25) is 0 Å². The number of nitrogens with zero attached hydrogens (tertiary/aromatic N) is 1. The van der Waals surface area contributed by atoms with Gasteiger partial charge in [0, 0.05) is 6.20 Å². The van der Waals surface area contributed by atoms with Crippen molar-refractivity contribution < 1.29 is 17.2 Å². The van der Waals surface area contributed by atoms with Crippen molar-refractivity contribution in [2.24, 2.45) is 0 Å². The number of hydrogen-bond acceptors (Lipinski definition) is 3. The Hall–Kier alpha value is -0.210. The molecule has 0 spiro atoms. The molecule has 74 valence electrons. The highest BCUT2D eigenvalue weighted by Gasteiger charge is 2.45. The van der Waals surface area contributed by atoms with Gasteiger partial charge in [-0.05, 0) is 27.5 Å². The Morgan fingerprint density at radius 1 is 1.62 bits per heavy atom. The lowest BCUT2D eigenvalue weighted by atomic mass is 11.0. The zero-order chi connectivity index (χ0) is 10.3. The highest BCUT2D eigenvalue weighted by atomic mass is 79.9. The quantitative estimate of drug-likeness (QED) is 0.845. The summed E-state index contributed by atoms with van der Waals surface area (Å²) in [7, 11) is -4.90. The maximum atomic E-state index is 12.3. The van der Waals surface area contributed by atoms with Gasteiger partial charge in [0.25, 0.3) is 9.84 Å². The Kier molecular flexibility index (Phi) is 2.65. The maximum Gasteiger partial charge on any atom is 0.428 e. The van der Waals surface area contributed by atoms with Gasteiger partial charge in [-0.25, -0.2) is 13.4 Å². The molecule has 1 aromatic heterocycles. The predicted octanol–water partition coefficient (Wildman–Crippen LogP) is 1.74. The van der Waals surface area contributed by atoms with Crippen LogP contribution in [0.25, 0.3) is 0 Å². The van der Waals surface area contributed by atoms with Crippen molar-refractivity contribution in [2.45, 2.75) is 9.74 Å². The number of aromatic nitrogens is 2. The van der Waals surface area contributed by atoms with Crippen LogP contribution in [0.15, 0.2) is 16.0 Å². The minimum Gasteiger partial charge on any atom is -0.338 e. The summed E-state index contributed by atoms with van der Waals surface area (Å²) in [6.45, 7) is 0. The van der Waals surface area contributed by atoms with Crippen molar-refractivity contribution >= 4 is 37.4 Å². The van der Waals surface area contributed by atoms with Crippen molar-refractivity contribution in [1.29, 1.82) is 0 Å². The fraction of sp³-hybridized carbons (Fsp3) is 0.250. The summed E-state index contributed by atoms with van der Waals surface area (Å²) in [4.78, 5) is 5.54. The van der Waals surface area contributed by atoms with E-state index in [9.17, 15) is 17.2 Å². The topological polar surface area (TPSA) is 62.8 Å². The first-order valence-electron chi connectivity index (χ1n) is 2.77. The first-order chi connectivity index (χ1) is 5.75. The smallest absolute Gasteiger partial charge is 0.338 e. The molecule has 0 unspecified atom stereocenters. The number of halogens is 4. The molecule has 0 atom stereocenters. The van der Waals surface area contributed by atoms with Crippen LogP contribution in [0.4, 0.5) is 8.78 Å². The third kappa shape index (κ3) is 2.00. The molecule has 0 radical (unpaired) electrons. The average Bonchev–Trinajstić information content (AvgIpc) is 2.33. The van der Waals surface area contributed by atoms with Crippen LogP contribution in [-0.2, 0) is 9.84 Å². The van der Waals surface area contributed by atoms with Gasteiger partial charge in [-0.15, -0.1) is 0 Å². The number of sulfone groups is 1. The van der Waals surface area contributed by atoms with Crippen LogP contribution in [0, 0.1) is 0 Å². The standard InChI is InChI=1S/C4H2BrClF2N2O2S/c5-3-9-1-2(10-3)13(11,12)4(6,7)8/h1H,(H,9,10). The molecule has 0 aromatic carbocycles. The zero-order valence-electron chi connectivity index (χ0n) is 5.76. The molecule has 1 heterocycles. The Labute approximate surface area is 85.4 Å². The predicted molar refractivity (Wildman–Crippen MR) is 44.3 cm³/mol. The van der Waals surface area contributed by atoms with Gasteiger partial charge in [0.15, 0.2) is 9.76 Å². The van der Waals surface area contributed by atoms with E-state index in [0.29, 0.717) is 0 Å². The highest BCUT2D eigenvalue weighted by Crippen LogP contribution is 2.31. The molecule has 1 rings (SSSR count). The third-order valence-corrected chi connectivity index (χ3v) is 3.49. The molecule has 4 nitrogen and oxygen atoms in total. The van der Waals surface area contributed by atoms with E-state index in [1.54, 1.807) is 0 Å². The van der Waals surface area contributed by atoms with Crippen LogP contribution in [0.1, 0.15) is 0 Å². The molecular formula is C4H2BrClF2N2O2S. The molecule has 0 aliphatic carbocycles. The first kappa shape index (κ1) is 10.9. The number of nitrogens with one attached hydrogen (secondary N) is 1. The summed E-state index contributed by atoms with van der Waals surface area (Å²) < 4.78 is 42.1. The van der Waals surface area contributed by atoms with Crippen LogP contribution >= 0.6 is 27.5 Å². The lowest BCUT2D eigenvalue weighted by Crippen LogP contribution is -2.22. The fourth-order valence-corrected chi connectivity index (χ4v) is 1.86. The molecule has 0 saturated carbocycles. The van der Waals surface area contributed by atoms with Crippen LogP contribution in [0.5, 0.6) is 0 Å². The summed E-state index contributed by atoms with van der Waals surface area (Å²) >= 11 is 7.15. The number of rotatable bonds is 2. The fourth-order valence-electron chi connectivity index (χ4n) is 0.539. The van der Waals surface area contributed by atoms with E-state index in [4.69, 9.17) is 0 Å². The molecule has 0 aliphatic rings. The summed E-state index contributed by atoms with van der Waals surface area (Å²) in [5, 5.41) is -0.806. The van der Waals surface area contributed by atoms with Gasteiger partial charge in [-0.1, -0.05) is 0 Å². The molecule has 0 fully saturated rings. The number of hydrogen-bond donors (Lipinski definition) is 1. The van der Waals surface area contributed by atoms with Gasteiger partial charge in [0.1, 0.15) is 0 Å². The van der Waals surface area contributed by atoms with E-state index in [-0.39, 0.29) is 4.73 Å². The van der Waals surface area contributed by atoms with Gasteiger partial charge in [-0.3, -0.25) is 0 Å². The normalized spacial score (nSPS) is 13.2.